The second-order valence-electron chi connectivity index (χ2n) is 8.73. The molecule has 0 N–H and O–H groups in total. The Bertz CT molecular complexity index is 1250. The number of hydrogen-bond acceptors (Lipinski definition) is 0. The van der Waals surface area contributed by atoms with Crippen molar-refractivity contribution in [3.05, 3.63) is 133 Å². The van der Waals surface area contributed by atoms with E-state index in [9.17, 15) is 0 Å². The first-order valence-corrected chi connectivity index (χ1v) is 12.3. The summed E-state index contributed by atoms with van der Waals surface area (Å²) in [6.45, 7) is 2.57. The lowest BCUT2D eigenvalue weighted by atomic mass is 9.36. The van der Waals surface area contributed by atoms with Gasteiger partial charge in [0, 0.05) is 17.5 Å². The first kappa shape index (κ1) is 23.5. The molecule has 4 aromatic carbocycles. The largest absolute Gasteiger partial charge is 0.241 e. The van der Waals surface area contributed by atoms with Gasteiger partial charge in [0.15, 0.2) is 6.20 Å². The van der Waals surface area contributed by atoms with Crippen LogP contribution >= 0.6 is 0 Å². The van der Waals surface area contributed by atoms with Crippen molar-refractivity contribution in [1.29, 1.82) is 0 Å². The Kier molecular flexibility index (Phi) is 8.30. The standard InChI is InChI=1S/C22H23B.C10H10N/c1-2-3-12-19-13-10-11-18-22(19)23(20-14-6-4-7-15-20)21-16-8-5-9-17-21;1-11-8-4-6-9-5-2-3-7-10(9)11/h4-11,13-18H,2-3,12H2,1H3;2-8H,1H3/q;+1. The Labute approximate surface area is 204 Å². The summed E-state index contributed by atoms with van der Waals surface area (Å²) in [5.41, 5.74) is 6.92. The minimum absolute atomic E-state index is 0.311. The number of fused-ring (bicyclic) bond motifs is 1. The van der Waals surface area contributed by atoms with E-state index in [-0.39, 0.29) is 0 Å². The third kappa shape index (κ3) is 5.82. The lowest BCUT2D eigenvalue weighted by molar-refractivity contribution is -0.644. The fourth-order valence-corrected chi connectivity index (χ4v) is 4.56. The van der Waals surface area contributed by atoms with Crippen LogP contribution < -0.4 is 21.0 Å². The lowest BCUT2D eigenvalue weighted by Gasteiger charge is -2.19. The predicted molar refractivity (Wildman–Crippen MR) is 148 cm³/mol. The van der Waals surface area contributed by atoms with Crippen LogP contribution in [0.15, 0.2) is 128 Å². The second-order valence-corrected chi connectivity index (χ2v) is 8.73. The minimum Gasteiger partial charge on any atom is -0.201 e. The molecule has 0 atom stereocenters. The first-order chi connectivity index (χ1) is 16.8. The summed E-state index contributed by atoms with van der Waals surface area (Å²) >= 11 is 0. The molecule has 0 aliphatic carbocycles. The molecule has 0 spiro atoms. The molecule has 0 radical (unpaired) electrons. The Morgan fingerprint density at radius 3 is 1.82 bits per heavy atom. The van der Waals surface area contributed by atoms with Crippen LogP contribution in [0.4, 0.5) is 0 Å². The average Bonchev–Trinajstić information content (AvgIpc) is 2.90. The summed E-state index contributed by atoms with van der Waals surface area (Å²) < 4.78 is 2.12. The van der Waals surface area contributed by atoms with Crippen LogP contribution in [-0.2, 0) is 13.5 Å². The molecule has 5 aromatic rings. The average molecular weight is 442 g/mol. The molecule has 0 aliphatic rings. The zero-order valence-electron chi connectivity index (χ0n) is 20.3. The van der Waals surface area contributed by atoms with E-state index in [1.54, 1.807) is 0 Å². The van der Waals surface area contributed by atoms with Gasteiger partial charge in [0.1, 0.15) is 7.05 Å². The zero-order valence-corrected chi connectivity index (χ0v) is 20.3. The summed E-state index contributed by atoms with van der Waals surface area (Å²) in [4.78, 5) is 0. The summed E-state index contributed by atoms with van der Waals surface area (Å²) in [6, 6.07) is 43.2. The maximum Gasteiger partial charge on any atom is 0.241 e. The van der Waals surface area contributed by atoms with Crippen LogP contribution in [0.1, 0.15) is 25.3 Å². The number of aromatic nitrogens is 1. The predicted octanol–water partition coefficient (Wildman–Crippen LogP) is 5.21. The summed E-state index contributed by atoms with van der Waals surface area (Å²) in [5, 5.41) is 1.29. The molecule has 0 aliphatic heterocycles. The smallest absolute Gasteiger partial charge is 0.201 e. The zero-order chi connectivity index (χ0) is 23.6. The number of benzene rings is 4. The molecule has 34 heavy (non-hydrogen) atoms. The number of aryl methyl sites for hydroxylation is 2. The van der Waals surface area contributed by atoms with Gasteiger partial charge in [-0.2, -0.15) is 0 Å². The number of pyridine rings is 1. The van der Waals surface area contributed by atoms with Crippen molar-refractivity contribution in [2.75, 3.05) is 0 Å². The van der Waals surface area contributed by atoms with Gasteiger partial charge in [-0.3, -0.25) is 0 Å². The van der Waals surface area contributed by atoms with Crippen molar-refractivity contribution < 1.29 is 4.57 Å². The Morgan fingerprint density at radius 2 is 1.18 bits per heavy atom. The normalized spacial score (nSPS) is 10.4. The van der Waals surface area contributed by atoms with Gasteiger partial charge in [0.05, 0.1) is 0 Å². The maximum absolute atomic E-state index is 2.30. The molecule has 2 heteroatoms. The summed E-state index contributed by atoms with van der Waals surface area (Å²) in [5.74, 6) is 0. The van der Waals surface area contributed by atoms with E-state index in [0.717, 1.165) is 6.42 Å². The van der Waals surface area contributed by atoms with E-state index in [4.69, 9.17) is 0 Å². The molecule has 1 heterocycles. The van der Waals surface area contributed by atoms with E-state index in [1.165, 1.54) is 45.7 Å². The highest BCUT2D eigenvalue weighted by molar-refractivity contribution is 6.95. The van der Waals surface area contributed by atoms with Crippen molar-refractivity contribution in [2.24, 2.45) is 7.05 Å². The molecule has 0 saturated heterocycles. The SMILES string of the molecule is CCCCc1ccccc1B(c1ccccc1)c1ccccc1.C[n+]1cccc2ccccc21. The van der Waals surface area contributed by atoms with Gasteiger partial charge in [0.25, 0.3) is 0 Å². The fourth-order valence-electron chi connectivity index (χ4n) is 4.56. The number of nitrogens with zero attached hydrogens (tertiary/aromatic N) is 1. The summed E-state index contributed by atoms with van der Waals surface area (Å²) in [6.07, 6.45) is 5.69. The third-order valence-corrected chi connectivity index (χ3v) is 6.33. The second kappa shape index (κ2) is 12.0. The van der Waals surface area contributed by atoms with Gasteiger partial charge in [-0.25, -0.2) is 4.57 Å². The van der Waals surface area contributed by atoms with Crippen molar-refractivity contribution >= 4 is 34.0 Å². The van der Waals surface area contributed by atoms with Gasteiger partial charge >= 0.3 is 0 Å². The molecule has 168 valence electrons. The van der Waals surface area contributed by atoms with Crippen LogP contribution in [0.2, 0.25) is 0 Å². The molecule has 5 rings (SSSR count). The van der Waals surface area contributed by atoms with Gasteiger partial charge in [-0.05, 0) is 25.0 Å². The fraction of sp³-hybridized carbons (Fsp3) is 0.156. The van der Waals surface area contributed by atoms with E-state index < -0.39 is 0 Å². The van der Waals surface area contributed by atoms with Crippen LogP contribution in [0.3, 0.4) is 0 Å². The number of hydrogen-bond donors (Lipinski definition) is 0. The number of rotatable bonds is 6. The van der Waals surface area contributed by atoms with Crippen molar-refractivity contribution in [3.8, 4) is 0 Å². The minimum atomic E-state index is 0.311. The molecular weight excluding hydrogens is 409 g/mol. The van der Waals surface area contributed by atoms with Crippen LogP contribution in [0.5, 0.6) is 0 Å². The van der Waals surface area contributed by atoms with Crippen LogP contribution in [0, 0.1) is 0 Å². The quantitative estimate of drug-likeness (QED) is 0.251. The molecule has 0 unspecified atom stereocenters. The number of unbranched alkanes of at least 4 members (excludes halogenated alkanes) is 1. The van der Waals surface area contributed by atoms with E-state index in [1.807, 2.05) is 0 Å². The van der Waals surface area contributed by atoms with E-state index in [2.05, 4.69) is 146 Å². The van der Waals surface area contributed by atoms with Crippen LogP contribution in [0.25, 0.3) is 10.9 Å². The highest BCUT2D eigenvalue weighted by atomic mass is 14.9. The number of para-hydroxylation sites is 1. The van der Waals surface area contributed by atoms with Gasteiger partial charge < -0.3 is 0 Å². The molecule has 1 aromatic heterocycles. The van der Waals surface area contributed by atoms with E-state index >= 15 is 0 Å². The third-order valence-electron chi connectivity index (χ3n) is 6.33. The molecular formula is C32H33BN+. The highest BCUT2D eigenvalue weighted by Gasteiger charge is 2.23. The van der Waals surface area contributed by atoms with Crippen molar-refractivity contribution in [3.63, 3.8) is 0 Å². The first-order valence-electron chi connectivity index (χ1n) is 12.3. The van der Waals surface area contributed by atoms with Crippen molar-refractivity contribution in [1.82, 2.24) is 0 Å². The Morgan fingerprint density at radius 1 is 0.618 bits per heavy atom. The maximum atomic E-state index is 2.30. The Hall–Kier alpha value is -3.65. The molecule has 0 saturated carbocycles. The monoisotopic (exact) mass is 442 g/mol. The topological polar surface area (TPSA) is 3.88 Å². The molecule has 0 bridgehead atoms. The molecule has 0 fully saturated rings. The summed E-state index contributed by atoms with van der Waals surface area (Å²) in [7, 11) is 2.06. The lowest BCUT2D eigenvalue weighted by Crippen LogP contribution is -2.53. The van der Waals surface area contributed by atoms with Gasteiger partial charge in [-0.15, -0.1) is 0 Å². The molecule has 1 nitrogen and oxygen atoms in total. The van der Waals surface area contributed by atoms with Gasteiger partial charge in [-0.1, -0.05) is 132 Å². The highest BCUT2D eigenvalue weighted by Crippen LogP contribution is 2.07. The molecule has 0 amide bonds. The van der Waals surface area contributed by atoms with E-state index in [0.29, 0.717) is 6.71 Å². The van der Waals surface area contributed by atoms with Crippen LogP contribution in [-0.4, -0.2) is 6.71 Å². The van der Waals surface area contributed by atoms with Crippen molar-refractivity contribution in [2.45, 2.75) is 26.2 Å². The Balaban J connectivity index is 0.000000207. The van der Waals surface area contributed by atoms with Gasteiger partial charge in [0.2, 0.25) is 12.2 Å².